The smallest absolute Gasteiger partial charge is 0.408 e. The van der Waals surface area contributed by atoms with Crippen LogP contribution in [-0.2, 0) is 4.74 Å². The minimum atomic E-state index is -0.433. The molecule has 1 aliphatic rings. The quantitative estimate of drug-likeness (QED) is 0.499. The van der Waals surface area contributed by atoms with Crippen molar-refractivity contribution in [3.05, 3.63) is 96.2 Å². The molecule has 5 heteroatoms. The third kappa shape index (κ3) is 3.35. The molecule has 1 aromatic heterocycles. The Morgan fingerprint density at radius 1 is 0.900 bits per heavy atom. The standard InChI is InChI=1S/C25H20N2O3/c1-29-21-10-5-9-19(14-21)24-23(27-25(28)30-24)18-8-4-7-16(12-18)20-13-17-6-2-3-11-22(17)26-15-20/h2-15,23-24H,1H3,(H,27,28)/t23-,24-/m1/s1. The highest BCUT2D eigenvalue weighted by Gasteiger charge is 2.36. The molecule has 2 atom stereocenters. The van der Waals surface area contributed by atoms with Crippen molar-refractivity contribution < 1.29 is 14.3 Å². The zero-order chi connectivity index (χ0) is 20.5. The number of amides is 1. The molecule has 1 aliphatic heterocycles. The molecule has 2 heterocycles. The van der Waals surface area contributed by atoms with E-state index in [-0.39, 0.29) is 6.04 Å². The van der Waals surface area contributed by atoms with Gasteiger partial charge in [0, 0.05) is 17.1 Å². The van der Waals surface area contributed by atoms with E-state index in [1.165, 1.54) is 0 Å². The fourth-order valence-corrected chi connectivity index (χ4v) is 3.90. The lowest BCUT2D eigenvalue weighted by molar-refractivity contribution is 0.132. The summed E-state index contributed by atoms with van der Waals surface area (Å²) in [7, 11) is 1.62. The number of para-hydroxylation sites is 1. The van der Waals surface area contributed by atoms with Crippen molar-refractivity contribution in [2.75, 3.05) is 7.11 Å². The van der Waals surface area contributed by atoms with Crippen molar-refractivity contribution in [1.29, 1.82) is 0 Å². The van der Waals surface area contributed by atoms with Gasteiger partial charge >= 0.3 is 6.09 Å². The molecule has 4 aromatic rings. The molecule has 1 fully saturated rings. The number of carbonyl (C=O) groups excluding carboxylic acids is 1. The number of alkyl carbamates (subject to hydrolysis) is 1. The maximum atomic E-state index is 12.1. The van der Waals surface area contributed by atoms with Crippen LogP contribution < -0.4 is 10.1 Å². The molecule has 148 valence electrons. The Morgan fingerprint density at radius 2 is 1.73 bits per heavy atom. The summed E-state index contributed by atoms with van der Waals surface area (Å²) in [4.78, 5) is 16.7. The van der Waals surface area contributed by atoms with E-state index in [2.05, 4.69) is 28.5 Å². The summed E-state index contributed by atoms with van der Waals surface area (Å²) in [5.74, 6) is 0.727. The van der Waals surface area contributed by atoms with Gasteiger partial charge in [-0.2, -0.15) is 0 Å². The highest BCUT2D eigenvalue weighted by atomic mass is 16.6. The molecule has 0 radical (unpaired) electrons. The number of carbonyl (C=O) groups is 1. The van der Waals surface area contributed by atoms with Crippen molar-refractivity contribution in [1.82, 2.24) is 10.3 Å². The number of hydrogen-bond donors (Lipinski definition) is 1. The SMILES string of the molecule is COc1cccc([C@H]2OC(=O)N[C@@H]2c2cccc(-c3cnc4ccccc4c3)c2)c1. The van der Waals surface area contributed by atoms with Crippen LogP contribution in [0.1, 0.15) is 23.3 Å². The number of aromatic nitrogens is 1. The number of nitrogens with one attached hydrogen (secondary N) is 1. The first-order valence-corrected chi connectivity index (χ1v) is 9.77. The highest BCUT2D eigenvalue weighted by molar-refractivity contribution is 5.83. The molecule has 3 aromatic carbocycles. The lowest BCUT2D eigenvalue weighted by atomic mass is 9.94. The van der Waals surface area contributed by atoms with Crippen molar-refractivity contribution in [2.24, 2.45) is 0 Å². The molecular weight excluding hydrogens is 376 g/mol. The van der Waals surface area contributed by atoms with Crippen LogP contribution in [-0.4, -0.2) is 18.2 Å². The third-order valence-corrected chi connectivity index (χ3v) is 5.40. The Hall–Kier alpha value is -3.86. The Morgan fingerprint density at radius 3 is 2.63 bits per heavy atom. The summed E-state index contributed by atoms with van der Waals surface area (Å²) in [6, 6.07) is 25.6. The van der Waals surface area contributed by atoms with Gasteiger partial charge in [-0.25, -0.2) is 4.79 Å². The summed E-state index contributed by atoms with van der Waals surface area (Å²) in [6.45, 7) is 0. The summed E-state index contributed by atoms with van der Waals surface area (Å²) < 4.78 is 10.9. The second-order valence-electron chi connectivity index (χ2n) is 7.27. The van der Waals surface area contributed by atoms with Crippen LogP contribution in [0.25, 0.3) is 22.0 Å². The first-order valence-electron chi connectivity index (χ1n) is 9.77. The molecule has 5 nitrogen and oxygen atoms in total. The highest BCUT2D eigenvalue weighted by Crippen LogP contribution is 2.38. The van der Waals surface area contributed by atoms with E-state index < -0.39 is 12.2 Å². The van der Waals surface area contributed by atoms with Crippen LogP contribution in [0.15, 0.2) is 85.1 Å². The minimum absolute atomic E-state index is 0.294. The van der Waals surface area contributed by atoms with Gasteiger partial charge in [0.15, 0.2) is 6.10 Å². The minimum Gasteiger partial charge on any atom is -0.497 e. The molecule has 0 saturated carbocycles. The van der Waals surface area contributed by atoms with Gasteiger partial charge in [0.1, 0.15) is 5.75 Å². The molecule has 1 saturated heterocycles. The van der Waals surface area contributed by atoms with E-state index in [4.69, 9.17) is 9.47 Å². The van der Waals surface area contributed by atoms with Crippen LogP contribution in [0.3, 0.4) is 0 Å². The molecular formula is C25H20N2O3. The predicted octanol–water partition coefficient (Wildman–Crippen LogP) is 5.43. The second kappa shape index (κ2) is 7.52. The molecule has 0 unspecified atom stereocenters. The third-order valence-electron chi connectivity index (χ3n) is 5.40. The van der Waals surface area contributed by atoms with Crippen LogP contribution in [0, 0.1) is 0 Å². The Kier molecular flexibility index (Phi) is 4.56. The van der Waals surface area contributed by atoms with Crippen LogP contribution in [0.5, 0.6) is 5.75 Å². The number of benzene rings is 3. The predicted molar refractivity (Wildman–Crippen MR) is 115 cm³/mol. The van der Waals surface area contributed by atoms with Gasteiger partial charge in [-0.1, -0.05) is 48.5 Å². The fourth-order valence-electron chi connectivity index (χ4n) is 3.90. The van der Waals surface area contributed by atoms with Crippen molar-refractivity contribution >= 4 is 17.0 Å². The van der Waals surface area contributed by atoms with Gasteiger partial charge < -0.3 is 14.8 Å². The number of nitrogens with zero attached hydrogens (tertiary/aromatic N) is 1. The number of rotatable bonds is 4. The van der Waals surface area contributed by atoms with Crippen molar-refractivity contribution in [3.8, 4) is 16.9 Å². The van der Waals surface area contributed by atoms with Gasteiger partial charge in [-0.15, -0.1) is 0 Å². The fraction of sp³-hybridized carbons (Fsp3) is 0.120. The van der Waals surface area contributed by atoms with Crippen LogP contribution >= 0.6 is 0 Å². The van der Waals surface area contributed by atoms with E-state index in [1.807, 2.05) is 66.9 Å². The Balaban J connectivity index is 1.52. The zero-order valence-corrected chi connectivity index (χ0v) is 16.4. The summed E-state index contributed by atoms with van der Waals surface area (Å²) in [5, 5.41) is 4.04. The van der Waals surface area contributed by atoms with Crippen LogP contribution in [0.4, 0.5) is 4.79 Å². The molecule has 1 amide bonds. The number of cyclic esters (lactones) is 1. The normalized spacial score (nSPS) is 18.1. The number of fused-ring (bicyclic) bond motifs is 1. The average molecular weight is 396 g/mol. The van der Waals surface area contributed by atoms with E-state index in [1.54, 1.807) is 7.11 Å². The molecule has 1 N–H and O–H groups in total. The molecule has 30 heavy (non-hydrogen) atoms. The average Bonchev–Trinajstić information content (AvgIpc) is 3.20. The second-order valence-corrected chi connectivity index (χ2v) is 7.27. The molecule has 0 spiro atoms. The van der Waals surface area contributed by atoms with Gasteiger partial charge in [-0.05, 0) is 47.0 Å². The van der Waals surface area contributed by atoms with Gasteiger partial charge in [-0.3, -0.25) is 4.98 Å². The van der Waals surface area contributed by atoms with E-state index in [0.29, 0.717) is 0 Å². The Bertz CT molecular complexity index is 1240. The number of pyridine rings is 1. The summed E-state index contributed by atoms with van der Waals surface area (Å²) in [5.41, 5.74) is 4.89. The van der Waals surface area contributed by atoms with Crippen LogP contribution in [0.2, 0.25) is 0 Å². The monoisotopic (exact) mass is 396 g/mol. The molecule has 5 rings (SSSR count). The summed E-state index contributed by atoms with van der Waals surface area (Å²) in [6.07, 6.45) is 1.02. The number of ether oxygens (including phenoxy) is 2. The van der Waals surface area contributed by atoms with Gasteiger partial charge in [0.2, 0.25) is 0 Å². The van der Waals surface area contributed by atoms with Crippen molar-refractivity contribution in [2.45, 2.75) is 12.1 Å². The topological polar surface area (TPSA) is 60.5 Å². The maximum Gasteiger partial charge on any atom is 0.408 e. The lowest BCUT2D eigenvalue weighted by Crippen LogP contribution is -2.19. The van der Waals surface area contributed by atoms with E-state index >= 15 is 0 Å². The van der Waals surface area contributed by atoms with E-state index in [0.717, 1.165) is 38.9 Å². The maximum absolute atomic E-state index is 12.1. The zero-order valence-electron chi connectivity index (χ0n) is 16.4. The number of methoxy groups -OCH3 is 1. The molecule has 0 bridgehead atoms. The van der Waals surface area contributed by atoms with Gasteiger partial charge in [0.25, 0.3) is 0 Å². The first-order chi connectivity index (χ1) is 14.7. The first kappa shape index (κ1) is 18.2. The lowest BCUT2D eigenvalue weighted by Gasteiger charge is -2.19. The van der Waals surface area contributed by atoms with E-state index in [9.17, 15) is 4.79 Å². The Labute approximate surface area is 174 Å². The van der Waals surface area contributed by atoms with Gasteiger partial charge in [0.05, 0.1) is 18.7 Å². The molecule has 0 aliphatic carbocycles. The largest absolute Gasteiger partial charge is 0.497 e. The number of hydrogen-bond acceptors (Lipinski definition) is 4. The van der Waals surface area contributed by atoms with Crippen molar-refractivity contribution in [3.63, 3.8) is 0 Å². The summed E-state index contributed by atoms with van der Waals surface area (Å²) >= 11 is 0.